The van der Waals surface area contributed by atoms with Gasteiger partial charge in [-0.25, -0.2) is 4.68 Å². The molecule has 128 valence electrons. The van der Waals surface area contributed by atoms with Crippen molar-refractivity contribution in [1.82, 2.24) is 14.7 Å². The molecular weight excluding hydrogens is 302 g/mol. The summed E-state index contributed by atoms with van der Waals surface area (Å²) in [5.74, 6) is -0.0122. The van der Waals surface area contributed by atoms with E-state index in [2.05, 4.69) is 5.10 Å². The van der Waals surface area contributed by atoms with Gasteiger partial charge in [-0.1, -0.05) is 37.5 Å². The second-order valence-corrected chi connectivity index (χ2v) is 6.88. The van der Waals surface area contributed by atoms with Crippen LogP contribution in [0, 0.1) is 0 Å². The van der Waals surface area contributed by atoms with Crippen LogP contribution < -0.4 is 5.56 Å². The number of amides is 1. The molecule has 0 unspecified atom stereocenters. The Balaban J connectivity index is 1.84. The molecule has 5 nitrogen and oxygen atoms in total. The first-order valence-corrected chi connectivity index (χ1v) is 8.84. The first kappa shape index (κ1) is 16.7. The first-order chi connectivity index (χ1) is 11.6. The second-order valence-electron chi connectivity index (χ2n) is 6.88. The molecule has 1 saturated carbocycles. The van der Waals surface area contributed by atoms with Gasteiger partial charge < -0.3 is 4.90 Å². The maximum Gasteiger partial charge on any atom is 0.275 e. The van der Waals surface area contributed by atoms with Gasteiger partial charge in [0.1, 0.15) is 6.54 Å². The van der Waals surface area contributed by atoms with Crippen molar-refractivity contribution in [1.29, 1.82) is 0 Å². The van der Waals surface area contributed by atoms with Crippen LogP contribution in [0.4, 0.5) is 0 Å². The monoisotopic (exact) mass is 327 g/mol. The largest absolute Gasteiger partial charge is 0.336 e. The molecule has 1 aromatic carbocycles. The number of benzene rings is 1. The molecule has 0 atom stereocenters. The average Bonchev–Trinajstić information content (AvgIpc) is 2.58. The molecule has 1 amide bonds. The van der Waals surface area contributed by atoms with E-state index in [1.807, 2.05) is 36.9 Å². The number of aromatic nitrogens is 2. The van der Waals surface area contributed by atoms with Crippen LogP contribution in [0.15, 0.2) is 35.3 Å². The minimum Gasteiger partial charge on any atom is -0.336 e. The predicted molar refractivity (Wildman–Crippen MR) is 94.9 cm³/mol. The number of carbonyl (C=O) groups excluding carboxylic acids is 1. The highest BCUT2D eigenvalue weighted by molar-refractivity contribution is 5.81. The van der Waals surface area contributed by atoms with E-state index < -0.39 is 0 Å². The summed E-state index contributed by atoms with van der Waals surface area (Å²) in [6, 6.07) is 7.78. The van der Waals surface area contributed by atoms with Gasteiger partial charge in [0.15, 0.2) is 0 Å². The van der Waals surface area contributed by atoms with Crippen LogP contribution in [0.5, 0.6) is 0 Å². The van der Waals surface area contributed by atoms with Crippen molar-refractivity contribution in [3.8, 4) is 0 Å². The van der Waals surface area contributed by atoms with Gasteiger partial charge >= 0.3 is 0 Å². The molecule has 2 aromatic rings. The fraction of sp³-hybridized carbons (Fsp3) is 0.526. The van der Waals surface area contributed by atoms with E-state index in [1.165, 1.54) is 23.9 Å². The third kappa shape index (κ3) is 3.35. The number of hydrogen-bond donors (Lipinski definition) is 0. The fourth-order valence-corrected chi connectivity index (χ4v) is 3.72. The van der Waals surface area contributed by atoms with Gasteiger partial charge in [-0.3, -0.25) is 9.59 Å². The van der Waals surface area contributed by atoms with Gasteiger partial charge in [0.05, 0.1) is 11.6 Å². The van der Waals surface area contributed by atoms with Gasteiger partial charge in [-0.2, -0.15) is 5.10 Å². The molecule has 5 heteroatoms. The zero-order valence-electron chi connectivity index (χ0n) is 14.4. The smallest absolute Gasteiger partial charge is 0.275 e. The topological polar surface area (TPSA) is 55.2 Å². The van der Waals surface area contributed by atoms with E-state index in [4.69, 9.17) is 0 Å². The highest BCUT2D eigenvalue weighted by Crippen LogP contribution is 2.24. The molecule has 1 aromatic heterocycles. The quantitative estimate of drug-likeness (QED) is 0.867. The Kier molecular flexibility index (Phi) is 4.97. The highest BCUT2D eigenvalue weighted by Gasteiger charge is 2.28. The Morgan fingerprint density at radius 3 is 2.67 bits per heavy atom. The molecule has 24 heavy (non-hydrogen) atoms. The van der Waals surface area contributed by atoms with Crippen LogP contribution >= 0.6 is 0 Å². The average molecular weight is 327 g/mol. The molecule has 1 fully saturated rings. The number of carbonyl (C=O) groups is 1. The molecule has 3 rings (SSSR count). The predicted octanol–water partition coefficient (Wildman–Crippen LogP) is 2.97. The Bertz CT molecular complexity index is 776. The molecule has 0 N–H and O–H groups in total. The van der Waals surface area contributed by atoms with Crippen molar-refractivity contribution < 1.29 is 4.79 Å². The van der Waals surface area contributed by atoms with Crippen LogP contribution in [0.25, 0.3) is 10.8 Å². The number of nitrogens with zero attached hydrogens (tertiary/aromatic N) is 3. The Hall–Kier alpha value is -2.17. The van der Waals surface area contributed by atoms with Crippen molar-refractivity contribution in [2.75, 3.05) is 0 Å². The Morgan fingerprint density at radius 1 is 1.25 bits per heavy atom. The molecule has 0 bridgehead atoms. The molecule has 0 spiro atoms. The van der Waals surface area contributed by atoms with Gasteiger partial charge in [0.2, 0.25) is 5.91 Å². The van der Waals surface area contributed by atoms with Gasteiger partial charge in [-0.05, 0) is 32.8 Å². The van der Waals surface area contributed by atoms with Crippen molar-refractivity contribution in [3.05, 3.63) is 40.8 Å². The van der Waals surface area contributed by atoms with Gasteiger partial charge in [0, 0.05) is 17.5 Å². The van der Waals surface area contributed by atoms with E-state index in [1.54, 1.807) is 12.3 Å². The standard InChI is InChI=1S/C19H25N3O2/c1-14(2)22(16-9-4-3-5-10-16)18(23)13-21-19(24)17-11-7-6-8-15(17)12-20-21/h6-8,11-12,14,16H,3-5,9-10,13H2,1-2H3. The number of rotatable bonds is 4. The number of fused-ring (bicyclic) bond motifs is 1. The second kappa shape index (κ2) is 7.16. The van der Waals surface area contributed by atoms with E-state index in [-0.39, 0.29) is 24.1 Å². The molecule has 1 aliphatic carbocycles. The van der Waals surface area contributed by atoms with Gasteiger partial charge in [-0.15, -0.1) is 0 Å². The number of hydrogen-bond acceptors (Lipinski definition) is 3. The fourth-order valence-electron chi connectivity index (χ4n) is 3.72. The van der Waals surface area contributed by atoms with Crippen LogP contribution in [-0.4, -0.2) is 32.7 Å². The van der Waals surface area contributed by atoms with E-state index in [0.717, 1.165) is 18.2 Å². The zero-order valence-corrected chi connectivity index (χ0v) is 14.4. The van der Waals surface area contributed by atoms with E-state index in [0.29, 0.717) is 11.4 Å². The molecule has 1 heterocycles. The van der Waals surface area contributed by atoms with Crippen molar-refractivity contribution in [2.45, 2.75) is 64.6 Å². The third-order valence-electron chi connectivity index (χ3n) is 4.86. The molecule has 0 saturated heterocycles. The SMILES string of the molecule is CC(C)N(C(=O)Cn1ncc2ccccc2c1=O)C1CCCCC1. The Labute approximate surface area is 142 Å². The Morgan fingerprint density at radius 2 is 1.96 bits per heavy atom. The van der Waals surface area contributed by atoms with E-state index >= 15 is 0 Å². The molecule has 0 aliphatic heterocycles. The third-order valence-corrected chi connectivity index (χ3v) is 4.86. The van der Waals surface area contributed by atoms with E-state index in [9.17, 15) is 9.59 Å². The molecular formula is C19H25N3O2. The first-order valence-electron chi connectivity index (χ1n) is 8.84. The lowest BCUT2D eigenvalue weighted by atomic mass is 9.93. The summed E-state index contributed by atoms with van der Waals surface area (Å²) in [4.78, 5) is 27.4. The van der Waals surface area contributed by atoms with Crippen LogP contribution in [0.1, 0.15) is 46.0 Å². The summed E-state index contributed by atoms with van der Waals surface area (Å²) in [7, 11) is 0. The summed E-state index contributed by atoms with van der Waals surface area (Å²) < 4.78 is 1.29. The maximum absolute atomic E-state index is 12.9. The van der Waals surface area contributed by atoms with Crippen molar-refractivity contribution >= 4 is 16.7 Å². The summed E-state index contributed by atoms with van der Waals surface area (Å²) in [6.45, 7) is 4.10. The zero-order chi connectivity index (χ0) is 17.1. The van der Waals surface area contributed by atoms with Crippen LogP contribution in [-0.2, 0) is 11.3 Å². The molecule has 1 aliphatic rings. The lowest BCUT2D eigenvalue weighted by Crippen LogP contribution is -2.48. The van der Waals surface area contributed by atoms with Crippen molar-refractivity contribution in [2.24, 2.45) is 0 Å². The van der Waals surface area contributed by atoms with Crippen LogP contribution in [0.3, 0.4) is 0 Å². The van der Waals surface area contributed by atoms with Crippen molar-refractivity contribution in [3.63, 3.8) is 0 Å². The minimum absolute atomic E-state index is 0.0122. The lowest BCUT2D eigenvalue weighted by Gasteiger charge is -2.37. The summed E-state index contributed by atoms with van der Waals surface area (Å²) in [5, 5.41) is 5.60. The molecule has 0 radical (unpaired) electrons. The summed E-state index contributed by atoms with van der Waals surface area (Å²) in [6.07, 6.45) is 7.38. The van der Waals surface area contributed by atoms with Gasteiger partial charge in [0.25, 0.3) is 5.56 Å². The minimum atomic E-state index is -0.200. The highest BCUT2D eigenvalue weighted by atomic mass is 16.2. The lowest BCUT2D eigenvalue weighted by molar-refractivity contribution is -0.137. The summed E-state index contributed by atoms with van der Waals surface area (Å²) in [5.41, 5.74) is -0.200. The summed E-state index contributed by atoms with van der Waals surface area (Å²) >= 11 is 0. The maximum atomic E-state index is 12.9. The normalized spacial score (nSPS) is 15.8. The van der Waals surface area contributed by atoms with Crippen LogP contribution in [0.2, 0.25) is 0 Å².